The largest absolute Gasteiger partial charge is 0.478 e. The zero-order valence-corrected chi connectivity index (χ0v) is 12.4. The van der Waals surface area contributed by atoms with Crippen LogP contribution in [-0.2, 0) is 4.79 Å². The average Bonchev–Trinajstić information content (AvgIpc) is 2.42. The summed E-state index contributed by atoms with van der Waals surface area (Å²) in [4.78, 5) is 24.8. The van der Waals surface area contributed by atoms with Crippen molar-refractivity contribution < 1.29 is 14.7 Å². The molecular formula is C13H16BrN3O3. The van der Waals surface area contributed by atoms with Crippen molar-refractivity contribution in [1.29, 1.82) is 0 Å². The Labute approximate surface area is 125 Å². The molecule has 0 aliphatic carbocycles. The van der Waals surface area contributed by atoms with Crippen LogP contribution in [0, 0.1) is 0 Å². The number of rotatable bonds is 4. The molecule has 7 heteroatoms. The van der Waals surface area contributed by atoms with Crippen LogP contribution < -0.4 is 10.6 Å². The van der Waals surface area contributed by atoms with Gasteiger partial charge < -0.3 is 15.7 Å². The number of aromatic carboxylic acids is 1. The molecule has 108 valence electrons. The van der Waals surface area contributed by atoms with Gasteiger partial charge in [0, 0.05) is 30.7 Å². The SMILES string of the molecule is O=C(CN1CCNCC1)Nc1ccc(C(=O)O)cc1Br. The van der Waals surface area contributed by atoms with Crippen LogP contribution in [0.5, 0.6) is 0 Å². The number of benzene rings is 1. The minimum absolute atomic E-state index is 0.101. The van der Waals surface area contributed by atoms with Gasteiger partial charge in [-0.25, -0.2) is 4.79 Å². The average molecular weight is 342 g/mol. The minimum Gasteiger partial charge on any atom is -0.478 e. The van der Waals surface area contributed by atoms with Gasteiger partial charge in [-0.3, -0.25) is 9.69 Å². The fourth-order valence-electron chi connectivity index (χ4n) is 2.01. The summed E-state index contributed by atoms with van der Waals surface area (Å²) in [6.45, 7) is 3.84. The fraction of sp³-hybridized carbons (Fsp3) is 0.385. The summed E-state index contributed by atoms with van der Waals surface area (Å²) in [7, 11) is 0. The number of amides is 1. The van der Waals surface area contributed by atoms with E-state index in [4.69, 9.17) is 5.11 Å². The fourth-order valence-corrected chi connectivity index (χ4v) is 2.49. The van der Waals surface area contributed by atoms with Gasteiger partial charge >= 0.3 is 5.97 Å². The van der Waals surface area contributed by atoms with Gasteiger partial charge in [0.15, 0.2) is 0 Å². The highest BCUT2D eigenvalue weighted by Gasteiger charge is 2.14. The van der Waals surface area contributed by atoms with Crippen molar-refractivity contribution >= 4 is 33.5 Å². The monoisotopic (exact) mass is 341 g/mol. The van der Waals surface area contributed by atoms with Crippen molar-refractivity contribution in [3.05, 3.63) is 28.2 Å². The summed E-state index contributed by atoms with van der Waals surface area (Å²) in [5.41, 5.74) is 0.757. The van der Waals surface area contributed by atoms with Crippen LogP contribution in [0.2, 0.25) is 0 Å². The number of piperazine rings is 1. The Bertz CT molecular complexity index is 516. The quantitative estimate of drug-likeness (QED) is 0.760. The van der Waals surface area contributed by atoms with E-state index in [2.05, 4.69) is 31.5 Å². The van der Waals surface area contributed by atoms with Crippen LogP contribution in [0.15, 0.2) is 22.7 Å². The summed E-state index contributed by atoms with van der Waals surface area (Å²) in [6.07, 6.45) is 0. The summed E-state index contributed by atoms with van der Waals surface area (Å²) in [5.74, 6) is -1.10. The predicted octanol–water partition coefficient (Wildman–Crippen LogP) is 0.991. The third-order valence-electron chi connectivity index (χ3n) is 3.07. The number of carbonyl (C=O) groups is 2. The molecule has 20 heavy (non-hydrogen) atoms. The molecule has 1 fully saturated rings. The Hall–Kier alpha value is -1.44. The van der Waals surface area contributed by atoms with Crippen molar-refractivity contribution in [3.63, 3.8) is 0 Å². The van der Waals surface area contributed by atoms with Gasteiger partial charge in [-0.1, -0.05) is 0 Å². The molecule has 0 atom stereocenters. The van der Waals surface area contributed by atoms with Gasteiger partial charge in [-0.15, -0.1) is 0 Å². The molecule has 0 unspecified atom stereocenters. The normalized spacial score (nSPS) is 15.8. The van der Waals surface area contributed by atoms with Gasteiger partial charge in [-0.05, 0) is 34.1 Å². The molecule has 1 aromatic rings. The highest BCUT2D eigenvalue weighted by molar-refractivity contribution is 9.10. The van der Waals surface area contributed by atoms with Gasteiger partial charge in [0.2, 0.25) is 5.91 Å². The molecule has 0 radical (unpaired) electrons. The number of carboxylic acids is 1. The van der Waals surface area contributed by atoms with Crippen molar-refractivity contribution in [2.24, 2.45) is 0 Å². The molecule has 2 rings (SSSR count). The van der Waals surface area contributed by atoms with Crippen molar-refractivity contribution in [3.8, 4) is 0 Å². The number of nitrogens with one attached hydrogen (secondary N) is 2. The number of carbonyl (C=O) groups excluding carboxylic acids is 1. The summed E-state index contributed by atoms with van der Waals surface area (Å²) in [5, 5.41) is 14.9. The third-order valence-corrected chi connectivity index (χ3v) is 3.72. The molecule has 6 nitrogen and oxygen atoms in total. The predicted molar refractivity (Wildman–Crippen MR) is 79.0 cm³/mol. The first-order valence-electron chi connectivity index (χ1n) is 6.32. The van der Waals surface area contributed by atoms with Gasteiger partial charge in [0.1, 0.15) is 0 Å². The van der Waals surface area contributed by atoms with E-state index < -0.39 is 5.97 Å². The summed E-state index contributed by atoms with van der Waals surface area (Å²) in [6, 6.07) is 4.53. The summed E-state index contributed by atoms with van der Waals surface area (Å²) < 4.78 is 0.561. The second kappa shape index (κ2) is 6.83. The maximum absolute atomic E-state index is 11.9. The molecule has 1 heterocycles. The lowest BCUT2D eigenvalue weighted by Gasteiger charge is -2.26. The first-order chi connectivity index (χ1) is 9.56. The first-order valence-corrected chi connectivity index (χ1v) is 7.11. The van der Waals surface area contributed by atoms with Gasteiger partial charge in [0.05, 0.1) is 17.8 Å². The minimum atomic E-state index is -0.996. The molecule has 1 saturated heterocycles. The van der Waals surface area contributed by atoms with E-state index in [1.54, 1.807) is 6.07 Å². The molecule has 3 N–H and O–H groups in total. The van der Waals surface area contributed by atoms with Crippen LogP contribution in [0.4, 0.5) is 5.69 Å². The van der Waals surface area contributed by atoms with Gasteiger partial charge in [0.25, 0.3) is 0 Å². The zero-order valence-electron chi connectivity index (χ0n) is 10.9. The number of nitrogens with zero attached hydrogens (tertiary/aromatic N) is 1. The van der Waals surface area contributed by atoms with Crippen LogP contribution in [0.25, 0.3) is 0 Å². The van der Waals surface area contributed by atoms with E-state index in [1.807, 2.05) is 0 Å². The molecule has 1 amide bonds. The maximum atomic E-state index is 11.9. The Morgan fingerprint density at radius 2 is 2.05 bits per heavy atom. The van der Waals surface area contributed by atoms with Crippen LogP contribution in [-0.4, -0.2) is 54.6 Å². The van der Waals surface area contributed by atoms with E-state index in [9.17, 15) is 9.59 Å². The number of anilines is 1. The Morgan fingerprint density at radius 3 is 2.65 bits per heavy atom. The molecular weight excluding hydrogens is 326 g/mol. The topological polar surface area (TPSA) is 81.7 Å². The standard InChI is InChI=1S/C13H16BrN3O3/c14-10-7-9(13(19)20)1-2-11(10)16-12(18)8-17-5-3-15-4-6-17/h1-2,7,15H,3-6,8H2,(H,16,18)(H,19,20). The molecule has 0 aromatic heterocycles. The van der Waals surface area contributed by atoms with Crippen molar-refractivity contribution in [1.82, 2.24) is 10.2 Å². The van der Waals surface area contributed by atoms with Crippen LogP contribution in [0.3, 0.4) is 0 Å². The number of hydrogen-bond acceptors (Lipinski definition) is 4. The van der Waals surface area contributed by atoms with Crippen molar-refractivity contribution in [2.75, 3.05) is 38.0 Å². The number of hydrogen-bond donors (Lipinski definition) is 3. The lowest BCUT2D eigenvalue weighted by atomic mass is 10.2. The maximum Gasteiger partial charge on any atom is 0.335 e. The summed E-state index contributed by atoms with van der Waals surface area (Å²) >= 11 is 3.27. The lowest BCUT2D eigenvalue weighted by molar-refractivity contribution is -0.117. The van der Waals surface area contributed by atoms with Crippen LogP contribution >= 0.6 is 15.9 Å². The van der Waals surface area contributed by atoms with E-state index in [1.165, 1.54) is 12.1 Å². The van der Waals surface area contributed by atoms with Crippen LogP contribution in [0.1, 0.15) is 10.4 Å². The zero-order chi connectivity index (χ0) is 14.5. The van der Waals surface area contributed by atoms with E-state index in [-0.39, 0.29) is 11.5 Å². The smallest absolute Gasteiger partial charge is 0.335 e. The number of carboxylic acid groups (broad SMARTS) is 1. The van der Waals surface area contributed by atoms with E-state index in [0.29, 0.717) is 16.7 Å². The molecule has 1 aromatic carbocycles. The third kappa shape index (κ3) is 4.03. The van der Waals surface area contributed by atoms with E-state index in [0.717, 1.165) is 26.2 Å². The molecule has 0 spiro atoms. The Kier molecular flexibility index (Phi) is 5.11. The first kappa shape index (κ1) is 15.0. The highest BCUT2D eigenvalue weighted by atomic mass is 79.9. The second-order valence-corrected chi connectivity index (χ2v) is 5.43. The lowest BCUT2D eigenvalue weighted by Crippen LogP contribution is -2.46. The Balaban J connectivity index is 1.95. The van der Waals surface area contributed by atoms with Gasteiger partial charge in [-0.2, -0.15) is 0 Å². The molecule has 1 aliphatic rings. The molecule has 1 aliphatic heterocycles. The highest BCUT2D eigenvalue weighted by Crippen LogP contribution is 2.23. The van der Waals surface area contributed by atoms with Crippen molar-refractivity contribution in [2.45, 2.75) is 0 Å². The van der Waals surface area contributed by atoms with E-state index >= 15 is 0 Å². The number of halogens is 1. The molecule has 0 saturated carbocycles. The Morgan fingerprint density at radius 1 is 1.35 bits per heavy atom. The molecule has 0 bridgehead atoms. The second-order valence-electron chi connectivity index (χ2n) is 4.57.